The van der Waals surface area contributed by atoms with Crippen LogP contribution in [0.5, 0.6) is 0 Å². The summed E-state index contributed by atoms with van der Waals surface area (Å²) >= 11 is 6.95. The largest absolute Gasteiger partial charge is 0.377 e. The second kappa shape index (κ2) is 3.88. The van der Waals surface area contributed by atoms with E-state index in [4.69, 9.17) is 11.6 Å². The van der Waals surface area contributed by atoms with Crippen molar-refractivity contribution in [2.75, 3.05) is 11.9 Å². The molecule has 0 bridgehead atoms. The molecule has 62 valence electrons. The van der Waals surface area contributed by atoms with Crippen LogP contribution in [-0.2, 0) is 0 Å². The van der Waals surface area contributed by atoms with E-state index in [1.165, 1.54) is 11.3 Å². The molecule has 1 nitrogen and oxygen atoms in total. The summed E-state index contributed by atoms with van der Waals surface area (Å²) in [5.41, 5.74) is 0.581. The average Bonchev–Trinajstić information content (AvgIpc) is 2.31. The lowest BCUT2D eigenvalue weighted by Gasteiger charge is -2.01. The molecule has 1 aromatic heterocycles. The molecule has 0 saturated heterocycles. The number of halogens is 3. The van der Waals surface area contributed by atoms with Crippen LogP contribution in [0.25, 0.3) is 0 Å². The van der Waals surface area contributed by atoms with Crippen molar-refractivity contribution in [2.24, 2.45) is 0 Å². The zero-order valence-corrected chi connectivity index (χ0v) is 7.05. The van der Waals surface area contributed by atoms with E-state index in [1.807, 2.05) is 0 Å². The van der Waals surface area contributed by atoms with Crippen LogP contribution < -0.4 is 5.32 Å². The van der Waals surface area contributed by atoms with Crippen molar-refractivity contribution in [3.05, 3.63) is 15.8 Å². The van der Waals surface area contributed by atoms with E-state index in [-0.39, 0.29) is 6.54 Å². The van der Waals surface area contributed by atoms with Gasteiger partial charge in [-0.05, 0) is 11.4 Å². The number of hydrogen-bond donors (Lipinski definition) is 1. The van der Waals surface area contributed by atoms with Gasteiger partial charge in [0.2, 0.25) is 0 Å². The van der Waals surface area contributed by atoms with Gasteiger partial charge in [0, 0.05) is 0 Å². The molecule has 0 atom stereocenters. The van der Waals surface area contributed by atoms with Gasteiger partial charge in [-0.15, -0.1) is 11.3 Å². The molecule has 0 amide bonds. The van der Waals surface area contributed by atoms with Gasteiger partial charge in [-0.25, -0.2) is 8.78 Å². The highest BCUT2D eigenvalue weighted by atomic mass is 35.5. The Balaban J connectivity index is 2.44. The minimum atomic E-state index is -2.34. The van der Waals surface area contributed by atoms with Crippen LogP contribution in [0, 0.1) is 0 Å². The summed E-state index contributed by atoms with van der Waals surface area (Å²) in [5.74, 6) is 0. The quantitative estimate of drug-likeness (QED) is 0.785. The van der Waals surface area contributed by atoms with E-state index in [0.717, 1.165) is 0 Å². The second-order valence-electron chi connectivity index (χ2n) is 1.88. The molecule has 0 aliphatic rings. The van der Waals surface area contributed by atoms with Gasteiger partial charge < -0.3 is 5.32 Å². The monoisotopic (exact) mass is 197 g/mol. The highest BCUT2D eigenvalue weighted by Crippen LogP contribution is 2.27. The van der Waals surface area contributed by atoms with Crippen LogP contribution in [-0.4, -0.2) is 13.0 Å². The molecule has 0 spiro atoms. The Morgan fingerprint density at radius 1 is 1.64 bits per heavy atom. The summed E-state index contributed by atoms with van der Waals surface area (Å²) in [7, 11) is 0. The highest BCUT2D eigenvalue weighted by Gasteiger charge is 2.04. The molecule has 1 N–H and O–H groups in total. The Hall–Kier alpha value is -0.350. The molecule has 0 aromatic carbocycles. The Kier molecular flexibility index (Phi) is 3.08. The predicted octanol–water partition coefficient (Wildman–Crippen LogP) is 3.08. The van der Waals surface area contributed by atoms with Crippen molar-refractivity contribution in [2.45, 2.75) is 6.43 Å². The van der Waals surface area contributed by atoms with E-state index < -0.39 is 6.43 Å². The number of nitrogens with one attached hydrogen (secondary N) is 1. The van der Waals surface area contributed by atoms with Crippen LogP contribution >= 0.6 is 22.9 Å². The molecule has 11 heavy (non-hydrogen) atoms. The molecular formula is C6H6ClF2NS. The minimum Gasteiger partial charge on any atom is -0.377 e. The Morgan fingerprint density at radius 2 is 2.36 bits per heavy atom. The Labute approximate surface area is 72.0 Å². The number of anilines is 1. The van der Waals surface area contributed by atoms with Crippen molar-refractivity contribution in [1.29, 1.82) is 0 Å². The van der Waals surface area contributed by atoms with Crippen molar-refractivity contribution < 1.29 is 8.78 Å². The van der Waals surface area contributed by atoms with Crippen LogP contribution in [0.15, 0.2) is 11.4 Å². The van der Waals surface area contributed by atoms with Crippen molar-refractivity contribution >= 4 is 28.6 Å². The molecule has 1 heterocycles. The summed E-state index contributed by atoms with van der Waals surface area (Å²) < 4.78 is 23.8. The van der Waals surface area contributed by atoms with Crippen LogP contribution in [0.1, 0.15) is 0 Å². The number of hydrogen-bond acceptors (Lipinski definition) is 2. The van der Waals surface area contributed by atoms with Gasteiger partial charge in [-0.1, -0.05) is 11.6 Å². The van der Waals surface area contributed by atoms with Gasteiger partial charge >= 0.3 is 0 Å². The maximum atomic E-state index is 11.7. The maximum Gasteiger partial charge on any atom is 0.255 e. The number of alkyl halides is 2. The number of rotatable bonds is 3. The fraction of sp³-hybridized carbons (Fsp3) is 0.333. The lowest BCUT2D eigenvalue weighted by molar-refractivity contribution is 0.163. The van der Waals surface area contributed by atoms with E-state index in [1.54, 1.807) is 11.4 Å². The van der Waals surface area contributed by atoms with E-state index >= 15 is 0 Å². The summed E-state index contributed by atoms with van der Waals surface area (Å²) in [6, 6.07) is 1.68. The first-order valence-corrected chi connectivity index (χ1v) is 4.21. The Morgan fingerprint density at radius 3 is 2.82 bits per heavy atom. The van der Waals surface area contributed by atoms with Gasteiger partial charge in [-0.2, -0.15) is 0 Å². The smallest absolute Gasteiger partial charge is 0.255 e. The third-order valence-corrected chi connectivity index (χ3v) is 2.23. The molecule has 1 rings (SSSR count). The molecule has 0 unspecified atom stereocenters. The SMILES string of the molecule is FC(F)CNc1ccsc1Cl. The van der Waals surface area contributed by atoms with E-state index in [9.17, 15) is 8.78 Å². The van der Waals surface area contributed by atoms with Crippen molar-refractivity contribution in [1.82, 2.24) is 0 Å². The van der Waals surface area contributed by atoms with Crippen molar-refractivity contribution in [3.8, 4) is 0 Å². The molecule has 0 saturated carbocycles. The normalized spacial score (nSPS) is 10.5. The first-order chi connectivity index (χ1) is 5.20. The molecule has 0 aliphatic carbocycles. The number of thiophene rings is 1. The zero-order chi connectivity index (χ0) is 8.27. The van der Waals surface area contributed by atoms with E-state index in [0.29, 0.717) is 10.0 Å². The molecular weight excluding hydrogens is 192 g/mol. The molecule has 5 heteroatoms. The van der Waals surface area contributed by atoms with Gasteiger partial charge in [-0.3, -0.25) is 0 Å². The van der Waals surface area contributed by atoms with Gasteiger partial charge in [0.15, 0.2) is 0 Å². The van der Waals surface area contributed by atoms with Crippen LogP contribution in [0.4, 0.5) is 14.5 Å². The topological polar surface area (TPSA) is 12.0 Å². The fourth-order valence-electron chi connectivity index (χ4n) is 0.606. The second-order valence-corrected chi connectivity index (χ2v) is 3.40. The van der Waals surface area contributed by atoms with Crippen LogP contribution in [0.3, 0.4) is 0 Å². The average molecular weight is 198 g/mol. The summed E-state index contributed by atoms with van der Waals surface area (Å²) in [6.07, 6.45) is -2.34. The van der Waals surface area contributed by atoms with E-state index in [2.05, 4.69) is 5.32 Å². The standard InChI is InChI=1S/C6H6ClF2NS/c7-6-4(1-2-11-6)10-3-5(8)9/h1-2,5,10H,3H2. The van der Waals surface area contributed by atoms with Gasteiger partial charge in [0.1, 0.15) is 4.34 Å². The first-order valence-electron chi connectivity index (χ1n) is 2.95. The molecule has 0 fully saturated rings. The third kappa shape index (κ3) is 2.63. The first kappa shape index (κ1) is 8.74. The van der Waals surface area contributed by atoms with Gasteiger partial charge in [0.25, 0.3) is 6.43 Å². The third-order valence-electron chi connectivity index (χ3n) is 1.06. The summed E-state index contributed by atoms with van der Waals surface area (Å²) in [5, 5.41) is 4.27. The minimum absolute atomic E-state index is 0.351. The highest BCUT2D eigenvalue weighted by molar-refractivity contribution is 7.15. The predicted molar refractivity (Wildman–Crippen MR) is 43.8 cm³/mol. The molecule has 1 aromatic rings. The molecule has 0 aliphatic heterocycles. The Bertz CT molecular complexity index is 226. The van der Waals surface area contributed by atoms with Crippen molar-refractivity contribution in [3.63, 3.8) is 0 Å². The van der Waals surface area contributed by atoms with Gasteiger partial charge in [0.05, 0.1) is 12.2 Å². The lowest BCUT2D eigenvalue weighted by Crippen LogP contribution is -2.09. The fourth-order valence-corrected chi connectivity index (χ4v) is 1.48. The lowest BCUT2D eigenvalue weighted by atomic mass is 10.5. The molecule has 0 radical (unpaired) electrons. The maximum absolute atomic E-state index is 11.7. The summed E-state index contributed by atoms with van der Waals surface area (Å²) in [4.78, 5) is 0. The summed E-state index contributed by atoms with van der Waals surface area (Å²) in [6.45, 7) is -0.351. The zero-order valence-electron chi connectivity index (χ0n) is 5.48. The van der Waals surface area contributed by atoms with Crippen LogP contribution in [0.2, 0.25) is 4.34 Å².